The molecule has 210 valence electrons. The molecule has 0 saturated heterocycles. The zero-order valence-corrected chi connectivity index (χ0v) is 22.8. The molecular weight excluding hydrogens is 491 g/mol. The number of aromatic amines is 1. The van der Waals surface area contributed by atoms with Crippen LogP contribution in [0.2, 0.25) is 0 Å². The van der Waals surface area contributed by atoms with Crippen molar-refractivity contribution in [2.24, 2.45) is 0 Å². The minimum atomic E-state index is -4.60. The van der Waals surface area contributed by atoms with Gasteiger partial charge >= 0.3 is 6.18 Å². The lowest BCUT2D eigenvalue weighted by atomic mass is 9.98. The van der Waals surface area contributed by atoms with Crippen molar-refractivity contribution in [3.8, 4) is 0 Å². The Hall–Kier alpha value is -2.32. The number of unbranched alkanes of at least 4 members (excludes halogenated alkanes) is 6. The lowest BCUT2D eigenvalue weighted by Crippen LogP contribution is -2.46. The highest BCUT2D eigenvalue weighted by Gasteiger charge is 2.35. The fourth-order valence-electron chi connectivity index (χ4n) is 6.45. The smallest absolute Gasteiger partial charge is 0.394 e. The molecule has 0 atom stereocenters. The first kappa shape index (κ1) is 28.7. The van der Waals surface area contributed by atoms with E-state index in [-0.39, 0.29) is 23.0 Å². The predicted molar refractivity (Wildman–Crippen MR) is 148 cm³/mol. The molecule has 1 aromatic carbocycles. The molecule has 1 aliphatic rings. The first-order valence-corrected chi connectivity index (χ1v) is 14.3. The van der Waals surface area contributed by atoms with Gasteiger partial charge in [-0.2, -0.15) is 13.2 Å². The molecule has 0 radical (unpaired) electrons. The molecule has 0 unspecified atom stereocenters. The largest absolute Gasteiger partial charge is 0.417 e. The van der Waals surface area contributed by atoms with E-state index in [1.54, 1.807) is 6.07 Å². The van der Waals surface area contributed by atoms with Crippen LogP contribution < -0.4 is 10.9 Å². The number of nitrogens with zero attached hydrogens (tertiary/aromatic N) is 1. The third-order valence-corrected chi connectivity index (χ3v) is 8.47. The van der Waals surface area contributed by atoms with E-state index in [1.165, 1.54) is 32.1 Å². The van der Waals surface area contributed by atoms with E-state index in [0.717, 1.165) is 74.8 Å². The second-order valence-corrected chi connectivity index (χ2v) is 11.1. The number of halogens is 3. The molecule has 2 heterocycles. The summed E-state index contributed by atoms with van der Waals surface area (Å²) in [5, 5.41) is 14.0. The van der Waals surface area contributed by atoms with Gasteiger partial charge in [-0.1, -0.05) is 51.9 Å². The molecule has 5 nitrogen and oxygen atoms in total. The average molecular weight is 534 g/mol. The fourth-order valence-corrected chi connectivity index (χ4v) is 6.45. The van der Waals surface area contributed by atoms with Crippen LogP contribution >= 0.6 is 0 Å². The highest BCUT2D eigenvalue weighted by atomic mass is 19.4. The third-order valence-electron chi connectivity index (χ3n) is 8.47. The van der Waals surface area contributed by atoms with Gasteiger partial charge in [0.2, 0.25) is 5.56 Å². The first-order chi connectivity index (χ1) is 18.2. The van der Waals surface area contributed by atoms with Gasteiger partial charge in [-0.05, 0) is 63.3 Å². The van der Waals surface area contributed by atoms with Crippen molar-refractivity contribution in [3.63, 3.8) is 0 Å². The minimum Gasteiger partial charge on any atom is -0.394 e. The maximum Gasteiger partial charge on any atom is 0.417 e. The number of aliphatic hydroxyl groups excluding tert-OH is 1. The molecule has 3 N–H and O–H groups in total. The van der Waals surface area contributed by atoms with Gasteiger partial charge in [0.15, 0.2) is 0 Å². The molecule has 4 rings (SSSR count). The second kappa shape index (κ2) is 12.2. The topological polar surface area (TPSA) is 70.0 Å². The monoisotopic (exact) mass is 533 g/mol. The highest BCUT2D eigenvalue weighted by molar-refractivity contribution is 6.09. The van der Waals surface area contributed by atoms with E-state index >= 15 is 0 Å². The molecule has 2 aromatic heterocycles. The van der Waals surface area contributed by atoms with Crippen molar-refractivity contribution in [3.05, 3.63) is 45.4 Å². The number of pyridine rings is 1. The lowest BCUT2D eigenvalue weighted by Gasteiger charge is -2.28. The Labute approximate surface area is 222 Å². The SMILES string of the molecule is CCc1c(C)c2c3c(C(F)(F)F)cc(=O)[nH]c3ccc2n1CCCCCCCCCNC1(CO)CCCC1. The minimum absolute atomic E-state index is 0.0316. The van der Waals surface area contributed by atoms with Crippen LogP contribution in [0.3, 0.4) is 0 Å². The van der Waals surface area contributed by atoms with Crippen LogP contribution in [0, 0.1) is 6.92 Å². The van der Waals surface area contributed by atoms with Gasteiger partial charge in [0.1, 0.15) is 0 Å². The molecule has 0 aliphatic heterocycles. The molecule has 38 heavy (non-hydrogen) atoms. The van der Waals surface area contributed by atoms with E-state index in [9.17, 15) is 23.1 Å². The zero-order valence-electron chi connectivity index (χ0n) is 22.8. The first-order valence-electron chi connectivity index (χ1n) is 14.3. The molecule has 3 aromatic rings. The Morgan fingerprint density at radius 3 is 2.32 bits per heavy atom. The number of aryl methyl sites for hydroxylation is 2. The summed E-state index contributed by atoms with van der Waals surface area (Å²) >= 11 is 0. The van der Waals surface area contributed by atoms with Crippen molar-refractivity contribution in [1.29, 1.82) is 0 Å². The summed E-state index contributed by atoms with van der Waals surface area (Å²) < 4.78 is 43.9. The third kappa shape index (κ3) is 6.12. The van der Waals surface area contributed by atoms with Crippen LogP contribution in [0.5, 0.6) is 0 Å². The molecule has 1 saturated carbocycles. The molecule has 0 bridgehead atoms. The maximum absolute atomic E-state index is 13.9. The highest BCUT2D eigenvalue weighted by Crippen LogP contribution is 2.40. The number of aromatic nitrogens is 2. The summed E-state index contributed by atoms with van der Waals surface area (Å²) in [7, 11) is 0. The number of nitrogens with one attached hydrogen (secondary N) is 2. The number of hydrogen-bond donors (Lipinski definition) is 3. The number of benzene rings is 1. The number of alkyl halides is 3. The van der Waals surface area contributed by atoms with E-state index in [2.05, 4.69) is 14.9 Å². The molecule has 0 spiro atoms. The van der Waals surface area contributed by atoms with Crippen LogP contribution in [0.25, 0.3) is 21.8 Å². The second-order valence-electron chi connectivity index (χ2n) is 11.1. The van der Waals surface area contributed by atoms with Gasteiger partial charge in [0.05, 0.1) is 12.2 Å². The van der Waals surface area contributed by atoms with Gasteiger partial charge in [-0.25, -0.2) is 0 Å². The number of fused-ring (bicyclic) bond motifs is 3. The molecule has 1 aliphatic carbocycles. The predicted octanol–water partition coefficient (Wildman–Crippen LogP) is 7.00. The molecular formula is C30H42F3N3O2. The Kier molecular flexibility index (Phi) is 9.24. The van der Waals surface area contributed by atoms with E-state index < -0.39 is 17.3 Å². The Morgan fingerprint density at radius 2 is 1.68 bits per heavy atom. The molecule has 0 amide bonds. The van der Waals surface area contributed by atoms with Gasteiger partial charge in [-0.3, -0.25) is 4.79 Å². The Bertz CT molecular complexity index is 1290. The number of aliphatic hydroxyl groups is 1. The standard InChI is InChI=1S/C30H42F3N3O2/c1-3-24-21(2)27-25(14-13-23-28(27)22(30(31,32)33)19-26(38)35-23)36(24)18-12-8-6-4-5-7-11-17-34-29(20-37)15-9-10-16-29/h13-14,19,34,37H,3-12,15-18,20H2,1-2H3,(H,35,38). The van der Waals surface area contributed by atoms with Crippen molar-refractivity contribution in [2.75, 3.05) is 13.2 Å². The van der Waals surface area contributed by atoms with E-state index in [1.807, 2.05) is 19.9 Å². The van der Waals surface area contributed by atoms with Crippen LogP contribution in [0.1, 0.15) is 94.4 Å². The summed E-state index contributed by atoms with van der Waals surface area (Å²) in [5.41, 5.74) is 1.31. The van der Waals surface area contributed by atoms with Gasteiger partial charge in [-0.15, -0.1) is 0 Å². The molecule has 1 fully saturated rings. The quantitative estimate of drug-likeness (QED) is 0.207. The number of rotatable bonds is 13. The van der Waals surface area contributed by atoms with Crippen LogP contribution in [-0.2, 0) is 19.1 Å². The summed E-state index contributed by atoms with van der Waals surface area (Å²) in [6, 6.07) is 4.13. The van der Waals surface area contributed by atoms with Crippen LogP contribution in [0.4, 0.5) is 13.2 Å². The average Bonchev–Trinajstić information content (AvgIpc) is 3.46. The van der Waals surface area contributed by atoms with Crippen molar-refractivity contribution < 1.29 is 18.3 Å². The van der Waals surface area contributed by atoms with Gasteiger partial charge in [0.25, 0.3) is 0 Å². The number of H-pyrrole nitrogens is 1. The molecule has 8 heteroatoms. The number of hydrogen-bond acceptors (Lipinski definition) is 3. The van der Waals surface area contributed by atoms with Crippen LogP contribution in [0.15, 0.2) is 23.0 Å². The lowest BCUT2D eigenvalue weighted by molar-refractivity contribution is -0.136. The zero-order chi connectivity index (χ0) is 27.3. The van der Waals surface area contributed by atoms with Crippen LogP contribution in [-0.4, -0.2) is 33.3 Å². The van der Waals surface area contributed by atoms with Crippen molar-refractivity contribution in [2.45, 2.75) is 109 Å². The summed E-state index contributed by atoms with van der Waals surface area (Å²) in [5.74, 6) is 0. The summed E-state index contributed by atoms with van der Waals surface area (Å²) in [4.78, 5) is 14.5. The van der Waals surface area contributed by atoms with E-state index in [4.69, 9.17) is 0 Å². The Morgan fingerprint density at radius 1 is 1.03 bits per heavy atom. The van der Waals surface area contributed by atoms with E-state index in [0.29, 0.717) is 11.5 Å². The summed E-state index contributed by atoms with van der Waals surface area (Å²) in [6.07, 6.45) is 8.63. The normalized spacial score (nSPS) is 15.7. The van der Waals surface area contributed by atoms with Crippen molar-refractivity contribution in [1.82, 2.24) is 14.9 Å². The maximum atomic E-state index is 13.9. The van der Waals surface area contributed by atoms with Crippen molar-refractivity contribution >= 4 is 21.8 Å². The Balaban J connectivity index is 1.34. The fraction of sp³-hybridized carbons (Fsp3) is 0.633. The van der Waals surface area contributed by atoms with Gasteiger partial charge in [0, 0.05) is 45.6 Å². The van der Waals surface area contributed by atoms with Gasteiger partial charge < -0.3 is 20.0 Å². The summed E-state index contributed by atoms with van der Waals surface area (Å²) in [6.45, 7) is 5.92.